The van der Waals surface area contributed by atoms with Gasteiger partial charge in [0.15, 0.2) is 0 Å². The summed E-state index contributed by atoms with van der Waals surface area (Å²) in [6.07, 6.45) is 0. The number of carbonyl (C=O) groups excluding carboxylic acids is 6. The predicted molar refractivity (Wildman–Crippen MR) is 222 cm³/mol. The van der Waals surface area contributed by atoms with E-state index in [2.05, 4.69) is 10.6 Å². The van der Waals surface area contributed by atoms with E-state index in [1.807, 2.05) is 10.2 Å². The Hall–Kier alpha value is -3.56. The minimum Gasteiger partial charge on any atom is -0.459 e. The van der Waals surface area contributed by atoms with Crippen molar-refractivity contribution in [2.45, 2.75) is 91.2 Å². The second-order valence-electron chi connectivity index (χ2n) is 17.6. The first-order valence-corrected chi connectivity index (χ1v) is 23.0. The molecule has 23 nitrogen and oxygen atoms in total. The van der Waals surface area contributed by atoms with E-state index in [-0.39, 0.29) is 85.1 Å². The van der Waals surface area contributed by atoms with E-state index in [1.165, 1.54) is 0 Å². The zero-order chi connectivity index (χ0) is 47.0. The molecule has 2 atom stereocenters. The van der Waals surface area contributed by atoms with Crippen molar-refractivity contribution in [2.75, 3.05) is 103 Å². The van der Waals surface area contributed by atoms with Crippen LogP contribution in [-0.2, 0) is 63.2 Å². The van der Waals surface area contributed by atoms with Gasteiger partial charge in [-0.25, -0.2) is 0 Å². The molecule has 25 heteroatoms. The smallest absolute Gasteiger partial charge is 0.320 e. The van der Waals surface area contributed by atoms with Gasteiger partial charge in [-0.3, -0.25) is 57.5 Å². The maximum atomic E-state index is 13.6. The summed E-state index contributed by atoms with van der Waals surface area (Å²) < 4.78 is 82.9. The standard InChI is InChI=1S/C36H68N8O15S2/c1-34(2,3)57-29(46)21-42-14-12-41(13-15-43(22-30(47)58-35(4,5)6)17-19-44(18-16-42)23-31(48)59-36(7,8)9)20-28(45)39-27(25-61(54,55)56)33(50)40-26(24-60(51,52)53)32(49)38-11-10-37/h26-27H,10-25,37H2,1-9H3,(H,38,49)(H,39,45)(H,40,50)(H,51,52,53)(H,54,55,56)/t26-,27-/m0/s1. The van der Waals surface area contributed by atoms with Crippen LogP contribution in [-0.4, -0.2) is 213 Å². The molecule has 1 fully saturated rings. The quantitative estimate of drug-likeness (QED) is 0.0455. The normalized spacial score (nSPS) is 17.4. The third-order valence-corrected chi connectivity index (χ3v) is 9.61. The summed E-state index contributed by atoms with van der Waals surface area (Å²) in [5.74, 6) is -7.63. The van der Waals surface area contributed by atoms with Crippen LogP contribution in [0.5, 0.6) is 0 Å². The fourth-order valence-electron chi connectivity index (χ4n) is 5.70. The van der Waals surface area contributed by atoms with Crippen molar-refractivity contribution < 1.29 is 68.9 Å². The van der Waals surface area contributed by atoms with Gasteiger partial charge in [-0.15, -0.1) is 0 Å². The van der Waals surface area contributed by atoms with E-state index >= 15 is 0 Å². The molecule has 1 heterocycles. The van der Waals surface area contributed by atoms with E-state index in [1.54, 1.807) is 77.0 Å². The molecule has 3 amide bonds. The summed E-state index contributed by atoms with van der Waals surface area (Å²) in [7, 11) is -9.85. The zero-order valence-electron chi connectivity index (χ0n) is 36.9. The lowest BCUT2D eigenvalue weighted by Crippen LogP contribution is -2.58. The maximum Gasteiger partial charge on any atom is 0.320 e. The van der Waals surface area contributed by atoms with Crippen LogP contribution in [0.2, 0.25) is 0 Å². The van der Waals surface area contributed by atoms with Crippen LogP contribution in [0.25, 0.3) is 0 Å². The van der Waals surface area contributed by atoms with E-state index in [4.69, 9.17) is 19.9 Å². The Bertz CT molecular complexity index is 1670. The van der Waals surface area contributed by atoms with Gasteiger partial charge < -0.3 is 35.9 Å². The molecule has 0 spiro atoms. The fraction of sp³-hybridized carbons (Fsp3) is 0.833. The maximum absolute atomic E-state index is 13.6. The molecule has 0 bridgehead atoms. The fourth-order valence-corrected chi connectivity index (χ4v) is 7.01. The summed E-state index contributed by atoms with van der Waals surface area (Å²) in [4.78, 5) is 85.4. The second kappa shape index (κ2) is 24.3. The largest absolute Gasteiger partial charge is 0.459 e. The van der Waals surface area contributed by atoms with E-state index in [0.717, 1.165) is 0 Å². The number of ether oxygens (including phenoxy) is 3. The van der Waals surface area contributed by atoms with Crippen LogP contribution in [0.4, 0.5) is 0 Å². The molecule has 1 aliphatic rings. The number of nitrogens with two attached hydrogens (primary N) is 1. The number of carbonyl (C=O) groups is 6. The molecule has 1 saturated heterocycles. The topological polar surface area (TPSA) is 314 Å². The van der Waals surface area contributed by atoms with Gasteiger partial charge in [-0.1, -0.05) is 0 Å². The van der Waals surface area contributed by atoms with Crippen molar-refractivity contribution in [3.8, 4) is 0 Å². The summed E-state index contributed by atoms with van der Waals surface area (Å²) in [5.41, 5.74) is 3.04. The molecule has 0 aliphatic carbocycles. The number of rotatable bonds is 18. The van der Waals surface area contributed by atoms with Gasteiger partial charge in [0.2, 0.25) is 17.7 Å². The average Bonchev–Trinajstić information content (AvgIpc) is 3.03. The lowest BCUT2D eigenvalue weighted by atomic mass is 10.2. The number of amides is 3. The lowest BCUT2D eigenvalue weighted by molar-refractivity contribution is -0.158. The molecule has 0 radical (unpaired) electrons. The lowest BCUT2D eigenvalue weighted by Gasteiger charge is -2.34. The number of hydrogen-bond acceptors (Lipinski definition) is 18. The van der Waals surface area contributed by atoms with Crippen LogP contribution in [0, 0.1) is 0 Å². The molecule has 61 heavy (non-hydrogen) atoms. The minimum absolute atomic E-state index is 0.0692. The highest BCUT2D eigenvalue weighted by Crippen LogP contribution is 2.12. The van der Waals surface area contributed by atoms with E-state index in [9.17, 15) is 54.7 Å². The van der Waals surface area contributed by atoms with Gasteiger partial charge in [0, 0.05) is 65.4 Å². The minimum atomic E-state index is -4.97. The summed E-state index contributed by atoms with van der Waals surface area (Å²) in [6.45, 7) is 16.0. The molecule has 0 aromatic heterocycles. The first kappa shape index (κ1) is 55.5. The Morgan fingerprint density at radius 2 is 0.836 bits per heavy atom. The monoisotopic (exact) mass is 916 g/mol. The predicted octanol–water partition coefficient (Wildman–Crippen LogP) is -2.95. The number of nitrogens with zero attached hydrogens (tertiary/aromatic N) is 4. The molecule has 354 valence electrons. The van der Waals surface area contributed by atoms with Crippen molar-refractivity contribution in [3.63, 3.8) is 0 Å². The van der Waals surface area contributed by atoms with Gasteiger partial charge in [0.05, 0.1) is 26.2 Å². The SMILES string of the molecule is CC(C)(C)OC(=O)CN1CCN(CC(=O)N[C@@H](CS(=O)(=O)O)C(=O)N[C@@H](CS(=O)(=O)O)C(=O)NCCN)CCN(CC(=O)OC(C)(C)C)CCN(CC(=O)OC(C)(C)C)CC1. The van der Waals surface area contributed by atoms with E-state index < -0.39 is 103 Å². The summed E-state index contributed by atoms with van der Waals surface area (Å²) in [6, 6.07) is -4.00. The van der Waals surface area contributed by atoms with Crippen LogP contribution < -0.4 is 21.7 Å². The van der Waals surface area contributed by atoms with Gasteiger partial charge in [0.25, 0.3) is 20.2 Å². The highest BCUT2D eigenvalue weighted by molar-refractivity contribution is 7.86. The number of hydrogen-bond donors (Lipinski definition) is 6. The highest BCUT2D eigenvalue weighted by atomic mass is 32.2. The second-order valence-corrected chi connectivity index (χ2v) is 20.6. The third kappa shape index (κ3) is 27.9. The Balaban J connectivity index is 3.50. The number of nitrogens with one attached hydrogen (secondary N) is 3. The molecule has 0 saturated carbocycles. The Morgan fingerprint density at radius 1 is 0.541 bits per heavy atom. The van der Waals surface area contributed by atoms with Crippen molar-refractivity contribution in [1.29, 1.82) is 0 Å². The van der Waals surface area contributed by atoms with Crippen molar-refractivity contribution in [3.05, 3.63) is 0 Å². The zero-order valence-corrected chi connectivity index (χ0v) is 38.5. The average molecular weight is 917 g/mol. The van der Waals surface area contributed by atoms with Crippen molar-refractivity contribution >= 4 is 55.9 Å². The number of esters is 3. The molecule has 0 aromatic carbocycles. The van der Waals surface area contributed by atoms with Gasteiger partial charge in [-0.2, -0.15) is 16.8 Å². The summed E-state index contributed by atoms with van der Waals surface area (Å²) >= 11 is 0. The summed E-state index contributed by atoms with van der Waals surface area (Å²) in [5, 5.41) is 6.45. The molecule has 7 N–H and O–H groups in total. The third-order valence-electron chi connectivity index (χ3n) is 8.10. The van der Waals surface area contributed by atoms with Crippen LogP contribution in [0.1, 0.15) is 62.3 Å². The van der Waals surface area contributed by atoms with Crippen LogP contribution in [0.3, 0.4) is 0 Å². The van der Waals surface area contributed by atoms with E-state index in [0.29, 0.717) is 0 Å². The molecule has 1 rings (SSSR count). The Labute approximate surface area is 359 Å². The van der Waals surface area contributed by atoms with Crippen LogP contribution >= 0.6 is 0 Å². The molecular formula is C36H68N8O15S2. The molecule has 0 aromatic rings. The molecule has 1 aliphatic heterocycles. The van der Waals surface area contributed by atoms with Gasteiger partial charge in [-0.05, 0) is 62.3 Å². The van der Waals surface area contributed by atoms with Gasteiger partial charge in [0.1, 0.15) is 40.4 Å². The first-order chi connectivity index (χ1) is 27.7. The van der Waals surface area contributed by atoms with Crippen molar-refractivity contribution in [1.82, 2.24) is 35.6 Å². The van der Waals surface area contributed by atoms with Crippen LogP contribution in [0.15, 0.2) is 0 Å². The highest BCUT2D eigenvalue weighted by Gasteiger charge is 2.33. The van der Waals surface area contributed by atoms with Crippen molar-refractivity contribution in [2.24, 2.45) is 5.73 Å². The Kier molecular flexibility index (Phi) is 22.1. The van der Waals surface area contributed by atoms with Gasteiger partial charge >= 0.3 is 17.9 Å². The Morgan fingerprint density at radius 3 is 1.11 bits per heavy atom. The molecule has 0 unspecified atom stereocenters. The molecular weight excluding hydrogens is 849 g/mol. The first-order valence-electron chi connectivity index (χ1n) is 19.8.